The van der Waals surface area contributed by atoms with E-state index in [0.29, 0.717) is 23.1 Å². The number of hydrogen-bond donors (Lipinski definition) is 1. The molecule has 2 aromatic carbocycles. The SMILES string of the molecule is Oc1ccc(Oc2ccc(-c3nc(-c4ccccn4)co3)cc2)cc1. The molecule has 2 aromatic heterocycles. The number of aromatic hydroxyl groups is 1. The van der Waals surface area contributed by atoms with E-state index in [1.54, 1.807) is 36.7 Å². The number of aromatic nitrogens is 2. The Morgan fingerprint density at radius 3 is 2.20 bits per heavy atom. The van der Waals surface area contributed by atoms with Gasteiger partial charge >= 0.3 is 0 Å². The van der Waals surface area contributed by atoms with Gasteiger partial charge in [0.15, 0.2) is 0 Å². The predicted octanol–water partition coefficient (Wildman–Crippen LogP) is 4.90. The van der Waals surface area contributed by atoms with E-state index in [9.17, 15) is 5.11 Å². The standard InChI is InChI=1S/C20H14N2O3/c23-15-6-10-17(11-7-15)25-16-8-4-14(5-9-16)20-22-19(13-24-20)18-3-1-2-12-21-18/h1-13,23H. The predicted molar refractivity (Wildman–Crippen MR) is 93.4 cm³/mol. The van der Waals surface area contributed by atoms with Crippen molar-refractivity contribution in [2.45, 2.75) is 0 Å². The van der Waals surface area contributed by atoms with Gasteiger partial charge in [-0.05, 0) is 60.7 Å². The quantitative estimate of drug-likeness (QED) is 0.576. The molecule has 4 rings (SSSR count). The van der Waals surface area contributed by atoms with Crippen LogP contribution in [0, 0.1) is 0 Å². The minimum atomic E-state index is 0.204. The van der Waals surface area contributed by atoms with Gasteiger partial charge in [-0.15, -0.1) is 0 Å². The van der Waals surface area contributed by atoms with Gasteiger partial charge in [-0.3, -0.25) is 4.98 Å². The second-order valence-corrected chi connectivity index (χ2v) is 5.37. The maximum absolute atomic E-state index is 9.29. The number of phenols is 1. The van der Waals surface area contributed by atoms with Crippen molar-refractivity contribution in [3.8, 4) is 40.1 Å². The van der Waals surface area contributed by atoms with E-state index in [0.717, 1.165) is 11.3 Å². The minimum absolute atomic E-state index is 0.204. The molecule has 25 heavy (non-hydrogen) atoms. The molecule has 122 valence electrons. The first kappa shape index (κ1) is 15.0. The van der Waals surface area contributed by atoms with E-state index in [-0.39, 0.29) is 5.75 Å². The zero-order valence-electron chi connectivity index (χ0n) is 13.2. The topological polar surface area (TPSA) is 68.4 Å². The van der Waals surface area contributed by atoms with Gasteiger partial charge in [0.05, 0.1) is 5.69 Å². The van der Waals surface area contributed by atoms with E-state index >= 15 is 0 Å². The number of pyridine rings is 1. The molecule has 0 aliphatic rings. The van der Waals surface area contributed by atoms with Gasteiger partial charge < -0.3 is 14.3 Å². The van der Waals surface area contributed by atoms with Crippen LogP contribution in [0.3, 0.4) is 0 Å². The molecule has 0 fully saturated rings. The molecular formula is C20H14N2O3. The van der Waals surface area contributed by atoms with Crippen LogP contribution in [-0.4, -0.2) is 15.1 Å². The zero-order chi connectivity index (χ0) is 17.1. The van der Waals surface area contributed by atoms with Crippen LogP contribution in [0.1, 0.15) is 0 Å². The van der Waals surface area contributed by atoms with Crippen molar-refractivity contribution in [2.24, 2.45) is 0 Å². The molecule has 0 bridgehead atoms. The third-order valence-corrected chi connectivity index (χ3v) is 3.61. The van der Waals surface area contributed by atoms with Crippen LogP contribution in [0.2, 0.25) is 0 Å². The first-order valence-electron chi connectivity index (χ1n) is 7.72. The van der Waals surface area contributed by atoms with Crippen LogP contribution in [-0.2, 0) is 0 Å². The average molecular weight is 330 g/mol. The van der Waals surface area contributed by atoms with E-state index in [1.807, 2.05) is 42.5 Å². The molecule has 0 saturated heterocycles. The maximum atomic E-state index is 9.29. The van der Waals surface area contributed by atoms with Gasteiger partial charge in [0.1, 0.15) is 29.2 Å². The second kappa shape index (κ2) is 6.49. The molecule has 5 heteroatoms. The fourth-order valence-corrected chi connectivity index (χ4v) is 2.35. The molecule has 0 radical (unpaired) electrons. The zero-order valence-corrected chi connectivity index (χ0v) is 13.2. The minimum Gasteiger partial charge on any atom is -0.508 e. The smallest absolute Gasteiger partial charge is 0.226 e. The van der Waals surface area contributed by atoms with Gasteiger partial charge in [-0.25, -0.2) is 4.98 Å². The Morgan fingerprint density at radius 2 is 1.52 bits per heavy atom. The Bertz CT molecular complexity index is 962. The molecule has 4 aromatic rings. The molecule has 2 heterocycles. The fourth-order valence-electron chi connectivity index (χ4n) is 2.35. The molecule has 0 unspecified atom stereocenters. The van der Waals surface area contributed by atoms with Crippen molar-refractivity contribution < 1.29 is 14.3 Å². The summed E-state index contributed by atoms with van der Waals surface area (Å²) in [4.78, 5) is 8.74. The molecule has 0 spiro atoms. The van der Waals surface area contributed by atoms with Crippen molar-refractivity contribution >= 4 is 0 Å². The molecular weight excluding hydrogens is 316 g/mol. The van der Waals surface area contributed by atoms with E-state index < -0.39 is 0 Å². The summed E-state index contributed by atoms with van der Waals surface area (Å²) < 4.78 is 11.3. The number of hydrogen-bond acceptors (Lipinski definition) is 5. The largest absolute Gasteiger partial charge is 0.508 e. The Hall–Kier alpha value is -3.60. The van der Waals surface area contributed by atoms with Gasteiger partial charge in [0.2, 0.25) is 5.89 Å². The Balaban J connectivity index is 1.52. The van der Waals surface area contributed by atoms with Gasteiger partial charge in [-0.2, -0.15) is 0 Å². The Morgan fingerprint density at radius 1 is 0.800 bits per heavy atom. The van der Waals surface area contributed by atoms with Crippen LogP contribution in [0.25, 0.3) is 22.8 Å². The molecule has 5 nitrogen and oxygen atoms in total. The van der Waals surface area contributed by atoms with Crippen LogP contribution < -0.4 is 4.74 Å². The molecule has 0 aliphatic carbocycles. The van der Waals surface area contributed by atoms with Gasteiger partial charge in [0, 0.05) is 11.8 Å². The van der Waals surface area contributed by atoms with E-state index in [4.69, 9.17) is 9.15 Å². The summed E-state index contributed by atoms with van der Waals surface area (Å²) in [5, 5.41) is 9.29. The van der Waals surface area contributed by atoms with Crippen molar-refractivity contribution in [1.29, 1.82) is 0 Å². The van der Waals surface area contributed by atoms with Crippen molar-refractivity contribution in [1.82, 2.24) is 9.97 Å². The number of nitrogens with zero attached hydrogens (tertiary/aromatic N) is 2. The number of oxazole rings is 1. The van der Waals surface area contributed by atoms with Crippen LogP contribution in [0.15, 0.2) is 83.6 Å². The van der Waals surface area contributed by atoms with E-state index in [2.05, 4.69) is 9.97 Å². The summed E-state index contributed by atoms with van der Waals surface area (Å²) in [7, 11) is 0. The Labute approximate surface area is 144 Å². The van der Waals surface area contributed by atoms with Crippen LogP contribution in [0.5, 0.6) is 17.2 Å². The Kier molecular flexibility index (Phi) is 3.88. The monoisotopic (exact) mass is 330 g/mol. The summed E-state index contributed by atoms with van der Waals surface area (Å²) >= 11 is 0. The first-order chi connectivity index (χ1) is 12.3. The lowest BCUT2D eigenvalue weighted by molar-refractivity contribution is 0.464. The average Bonchev–Trinajstić information content (AvgIpc) is 3.15. The molecule has 0 atom stereocenters. The second-order valence-electron chi connectivity index (χ2n) is 5.37. The third-order valence-electron chi connectivity index (χ3n) is 3.61. The fraction of sp³-hybridized carbons (Fsp3) is 0. The lowest BCUT2D eigenvalue weighted by atomic mass is 10.2. The number of rotatable bonds is 4. The normalized spacial score (nSPS) is 10.6. The number of ether oxygens (including phenoxy) is 1. The summed E-state index contributed by atoms with van der Waals surface area (Å²) in [6.45, 7) is 0. The summed E-state index contributed by atoms with van der Waals surface area (Å²) in [5.41, 5.74) is 2.31. The molecule has 0 amide bonds. The number of benzene rings is 2. The lowest BCUT2D eigenvalue weighted by Crippen LogP contribution is -1.85. The first-order valence-corrected chi connectivity index (χ1v) is 7.72. The lowest BCUT2D eigenvalue weighted by Gasteiger charge is -2.06. The summed E-state index contributed by atoms with van der Waals surface area (Å²) in [6.07, 6.45) is 3.32. The van der Waals surface area contributed by atoms with Crippen molar-refractivity contribution in [3.63, 3.8) is 0 Å². The highest BCUT2D eigenvalue weighted by Crippen LogP contribution is 2.27. The van der Waals surface area contributed by atoms with Crippen molar-refractivity contribution in [3.05, 3.63) is 79.2 Å². The highest BCUT2D eigenvalue weighted by molar-refractivity contribution is 5.60. The van der Waals surface area contributed by atoms with Crippen LogP contribution in [0.4, 0.5) is 0 Å². The number of phenolic OH excluding ortho intramolecular Hbond substituents is 1. The molecule has 0 aliphatic heterocycles. The highest BCUT2D eigenvalue weighted by atomic mass is 16.5. The summed E-state index contributed by atoms with van der Waals surface area (Å²) in [6, 6.07) is 19.7. The molecule has 1 N–H and O–H groups in total. The van der Waals surface area contributed by atoms with E-state index in [1.165, 1.54) is 0 Å². The van der Waals surface area contributed by atoms with Crippen molar-refractivity contribution in [2.75, 3.05) is 0 Å². The van der Waals surface area contributed by atoms with Gasteiger partial charge in [-0.1, -0.05) is 6.07 Å². The third kappa shape index (κ3) is 3.35. The van der Waals surface area contributed by atoms with Crippen LogP contribution >= 0.6 is 0 Å². The maximum Gasteiger partial charge on any atom is 0.226 e. The molecule has 0 saturated carbocycles. The van der Waals surface area contributed by atoms with Gasteiger partial charge in [0.25, 0.3) is 0 Å². The highest BCUT2D eigenvalue weighted by Gasteiger charge is 2.09. The summed E-state index contributed by atoms with van der Waals surface area (Å²) in [5.74, 6) is 2.07.